The minimum atomic E-state index is -0.824. The maximum Gasteiger partial charge on any atom is 0.166 e. The molecular formula is C40H49F3. The Hall–Kier alpha value is -2.81. The van der Waals surface area contributed by atoms with Gasteiger partial charge in [0.05, 0.1) is 0 Å². The predicted octanol–water partition coefficient (Wildman–Crippen LogP) is 12.6. The summed E-state index contributed by atoms with van der Waals surface area (Å²) < 4.78 is 45.0. The van der Waals surface area contributed by atoms with Gasteiger partial charge in [-0.3, -0.25) is 0 Å². The normalized spacial score (nSPS) is 22.7. The van der Waals surface area contributed by atoms with E-state index in [2.05, 4.69) is 6.92 Å². The summed E-state index contributed by atoms with van der Waals surface area (Å²) in [4.78, 5) is 0. The summed E-state index contributed by atoms with van der Waals surface area (Å²) in [5.74, 6) is 1.21. The lowest BCUT2D eigenvalue weighted by Crippen LogP contribution is -2.25. The van der Waals surface area contributed by atoms with Crippen LogP contribution in [0.2, 0.25) is 0 Å². The number of hydrogen-bond donors (Lipinski definition) is 0. The number of allylic oxidation sites excluding steroid dienone is 2. The topological polar surface area (TPSA) is 0 Å². The van der Waals surface area contributed by atoms with E-state index in [0.717, 1.165) is 53.7 Å². The third-order valence-corrected chi connectivity index (χ3v) is 10.4. The van der Waals surface area contributed by atoms with Gasteiger partial charge in [0.25, 0.3) is 0 Å². The summed E-state index contributed by atoms with van der Waals surface area (Å²) in [7, 11) is 0. The van der Waals surface area contributed by atoms with Crippen molar-refractivity contribution in [1.29, 1.82) is 0 Å². The molecule has 2 saturated carbocycles. The van der Waals surface area contributed by atoms with E-state index in [1.165, 1.54) is 64.2 Å². The molecule has 3 heteroatoms. The minimum absolute atomic E-state index is 0.126. The molecule has 0 aromatic heterocycles. The lowest BCUT2D eigenvalue weighted by molar-refractivity contribution is 0.155. The first kappa shape index (κ1) is 31.6. The maximum atomic E-state index is 15.4. The van der Waals surface area contributed by atoms with Gasteiger partial charge in [-0.2, -0.15) is 0 Å². The average molecular weight is 587 g/mol. The van der Waals surface area contributed by atoms with E-state index >= 15 is 4.39 Å². The molecule has 0 bridgehead atoms. The van der Waals surface area contributed by atoms with Crippen LogP contribution in [-0.2, 0) is 6.42 Å². The quantitative estimate of drug-likeness (QED) is 0.155. The van der Waals surface area contributed by atoms with Gasteiger partial charge in [-0.25, -0.2) is 13.2 Å². The highest BCUT2D eigenvalue weighted by Gasteiger charge is 2.32. The van der Waals surface area contributed by atoms with Gasteiger partial charge in [-0.1, -0.05) is 113 Å². The van der Waals surface area contributed by atoms with E-state index in [-0.39, 0.29) is 11.4 Å². The highest BCUT2D eigenvalue weighted by molar-refractivity contribution is 5.71. The van der Waals surface area contributed by atoms with Gasteiger partial charge in [-0.15, -0.1) is 0 Å². The zero-order chi connectivity index (χ0) is 30.2. The van der Waals surface area contributed by atoms with Crippen LogP contribution in [0.4, 0.5) is 13.2 Å². The Labute approximate surface area is 257 Å². The Balaban J connectivity index is 1.17. The molecule has 0 amide bonds. The van der Waals surface area contributed by atoms with Gasteiger partial charge in [0.15, 0.2) is 11.6 Å². The second kappa shape index (κ2) is 15.3. The van der Waals surface area contributed by atoms with E-state index in [1.807, 2.05) is 43.3 Å². The molecule has 0 N–H and O–H groups in total. The fourth-order valence-electron chi connectivity index (χ4n) is 7.76. The van der Waals surface area contributed by atoms with Crippen molar-refractivity contribution in [2.75, 3.05) is 0 Å². The second-order valence-electron chi connectivity index (χ2n) is 13.2. The van der Waals surface area contributed by atoms with Crippen LogP contribution in [0, 0.1) is 35.2 Å². The first-order valence-electron chi connectivity index (χ1n) is 17.0. The number of rotatable bonds is 11. The van der Waals surface area contributed by atoms with Gasteiger partial charge in [-0.05, 0) is 109 Å². The number of halogens is 3. The van der Waals surface area contributed by atoms with Crippen molar-refractivity contribution in [2.45, 2.75) is 110 Å². The van der Waals surface area contributed by atoms with Crippen molar-refractivity contribution >= 4 is 0 Å². The van der Waals surface area contributed by atoms with Gasteiger partial charge >= 0.3 is 0 Å². The zero-order valence-corrected chi connectivity index (χ0v) is 26.2. The molecule has 2 fully saturated rings. The van der Waals surface area contributed by atoms with Gasteiger partial charge < -0.3 is 0 Å². The lowest BCUT2D eigenvalue weighted by Gasteiger charge is -2.38. The van der Waals surface area contributed by atoms with Gasteiger partial charge in [0, 0.05) is 5.56 Å². The summed E-state index contributed by atoms with van der Waals surface area (Å²) in [6.45, 7) is 4.30. The summed E-state index contributed by atoms with van der Waals surface area (Å²) in [5, 5.41) is 0. The summed E-state index contributed by atoms with van der Waals surface area (Å²) in [6, 6.07) is 16.2. The molecule has 3 aromatic carbocycles. The van der Waals surface area contributed by atoms with Crippen LogP contribution >= 0.6 is 0 Å². The van der Waals surface area contributed by atoms with Crippen molar-refractivity contribution in [1.82, 2.24) is 0 Å². The molecule has 2 aliphatic rings. The van der Waals surface area contributed by atoms with E-state index in [0.29, 0.717) is 23.5 Å². The smallest absolute Gasteiger partial charge is 0.166 e. The first-order chi connectivity index (χ1) is 21.0. The van der Waals surface area contributed by atoms with Crippen LogP contribution in [0.1, 0.15) is 114 Å². The Bertz CT molecular complexity index is 1340. The second-order valence-corrected chi connectivity index (χ2v) is 13.2. The van der Waals surface area contributed by atoms with Crippen LogP contribution in [0.3, 0.4) is 0 Å². The summed E-state index contributed by atoms with van der Waals surface area (Å²) >= 11 is 0. The van der Waals surface area contributed by atoms with E-state index < -0.39 is 11.6 Å². The van der Waals surface area contributed by atoms with Crippen LogP contribution in [-0.4, -0.2) is 0 Å². The molecule has 3 aromatic rings. The highest BCUT2D eigenvalue weighted by atomic mass is 19.2. The molecule has 0 spiro atoms. The molecule has 0 aliphatic heterocycles. The van der Waals surface area contributed by atoms with E-state index in [1.54, 1.807) is 30.3 Å². The fraction of sp³-hybridized carbons (Fsp3) is 0.500. The van der Waals surface area contributed by atoms with Crippen LogP contribution < -0.4 is 0 Å². The lowest BCUT2D eigenvalue weighted by atomic mass is 9.68. The molecule has 43 heavy (non-hydrogen) atoms. The van der Waals surface area contributed by atoms with E-state index in [4.69, 9.17) is 0 Å². The Morgan fingerprint density at radius 3 is 1.95 bits per heavy atom. The average Bonchev–Trinajstić information content (AvgIpc) is 3.04. The molecule has 2 aliphatic carbocycles. The highest BCUT2D eigenvalue weighted by Crippen LogP contribution is 2.45. The number of hydrogen-bond acceptors (Lipinski definition) is 0. The van der Waals surface area contributed by atoms with Crippen molar-refractivity contribution in [3.05, 3.63) is 95.3 Å². The van der Waals surface area contributed by atoms with Crippen LogP contribution in [0.15, 0.2) is 66.7 Å². The molecule has 230 valence electrons. The first-order valence-corrected chi connectivity index (χ1v) is 17.0. The van der Waals surface area contributed by atoms with Gasteiger partial charge in [0.1, 0.15) is 5.82 Å². The SMILES string of the molecule is CCC=CCc1ccc(-c2ccc(-c3ccc(C4CCC(C5CCC(CCCCC)CC5)CC4)c(F)c3)cc2)c(F)c1F. The largest absolute Gasteiger partial charge is 0.207 e. The van der Waals surface area contributed by atoms with Crippen LogP contribution in [0.5, 0.6) is 0 Å². The molecule has 0 saturated heterocycles. The third-order valence-electron chi connectivity index (χ3n) is 10.4. The zero-order valence-electron chi connectivity index (χ0n) is 26.2. The molecular weight excluding hydrogens is 537 g/mol. The summed E-state index contributed by atoms with van der Waals surface area (Å²) in [5.41, 5.74) is 3.73. The Kier molecular flexibility index (Phi) is 11.2. The van der Waals surface area contributed by atoms with Crippen molar-refractivity contribution in [2.24, 2.45) is 17.8 Å². The Morgan fingerprint density at radius 1 is 0.651 bits per heavy atom. The molecule has 0 heterocycles. The van der Waals surface area contributed by atoms with Crippen molar-refractivity contribution < 1.29 is 13.2 Å². The number of benzene rings is 3. The molecule has 0 nitrogen and oxygen atoms in total. The standard InChI is InChI=1S/C40H49F3/c1-3-5-7-9-28-11-13-29(14-12-28)30-15-19-32(20-16-30)36-25-24-35(27-38(36)41)31-17-21-33(22-18-31)37-26-23-34(10-8-6-4-2)39(42)40(37)43/h6,8,17-18,21-30,32H,3-5,7,9-16,19-20H2,1-2H3. The van der Waals surface area contributed by atoms with Gasteiger partial charge in [0.2, 0.25) is 0 Å². The van der Waals surface area contributed by atoms with Crippen LogP contribution in [0.25, 0.3) is 22.3 Å². The third kappa shape index (κ3) is 7.83. The van der Waals surface area contributed by atoms with Crippen molar-refractivity contribution in [3.63, 3.8) is 0 Å². The minimum Gasteiger partial charge on any atom is -0.207 e. The number of unbranched alkanes of at least 4 members (excludes halogenated alkanes) is 2. The molecule has 0 atom stereocenters. The monoisotopic (exact) mass is 586 g/mol. The Morgan fingerprint density at radius 2 is 1.30 bits per heavy atom. The molecule has 0 unspecified atom stereocenters. The maximum absolute atomic E-state index is 15.4. The van der Waals surface area contributed by atoms with E-state index in [9.17, 15) is 8.78 Å². The molecule has 0 radical (unpaired) electrons. The van der Waals surface area contributed by atoms with Crippen molar-refractivity contribution in [3.8, 4) is 22.3 Å². The fourth-order valence-corrected chi connectivity index (χ4v) is 7.76. The summed E-state index contributed by atoms with van der Waals surface area (Å²) in [6.07, 6.45) is 20.8. The predicted molar refractivity (Wildman–Crippen MR) is 175 cm³/mol. The molecule has 5 rings (SSSR count).